The summed E-state index contributed by atoms with van der Waals surface area (Å²) in [5.74, 6) is 2.27. The highest BCUT2D eigenvalue weighted by Crippen LogP contribution is 2.37. The molecule has 0 radical (unpaired) electrons. The van der Waals surface area contributed by atoms with Crippen LogP contribution in [-0.4, -0.2) is 44.9 Å². The average molecular weight is 533 g/mol. The minimum Gasteiger partial charge on any atom is -0.456 e. The summed E-state index contributed by atoms with van der Waals surface area (Å²) in [5, 5.41) is 10.3. The van der Waals surface area contributed by atoms with Crippen molar-refractivity contribution in [3.8, 4) is 17.6 Å². The maximum absolute atomic E-state index is 12.9. The summed E-state index contributed by atoms with van der Waals surface area (Å²) in [6, 6.07) is 13.6. The number of hydrogen-bond acceptors (Lipinski definition) is 5. The number of fused-ring (bicyclic) bond motifs is 2. The number of benzene rings is 2. The van der Waals surface area contributed by atoms with Crippen LogP contribution in [0.1, 0.15) is 40.7 Å². The second kappa shape index (κ2) is 10.1. The molecule has 7 rings (SSSR count). The zero-order valence-corrected chi connectivity index (χ0v) is 21.2. The number of ether oxygens (including phenoxy) is 1. The number of amides is 1. The Balaban J connectivity index is 0.00000144. The van der Waals surface area contributed by atoms with Crippen LogP contribution in [0, 0.1) is 11.3 Å². The fourth-order valence-corrected chi connectivity index (χ4v) is 5.29. The van der Waals surface area contributed by atoms with E-state index in [2.05, 4.69) is 20.5 Å². The van der Waals surface area contributed by atoms with Crippen LogP contribution in [0.25, 0.3) is 0 Å². The van der Waals surface area contributed by atoms with Crippen molar-refractivity contribution in [3.63, 3.8) is 0 Å². The van der Waals surface area contributed by atoms with Crippen LogP contribution in [0.5, 0.6) is 11.5 Å². The number of aromatic nitrogens is 2. The minimum atomic E-state index is 0. The molecule has 0 spiro atoms. The van der Waals surface area contributed by atoms with E-state index in [1.807, 2.05) is 35.4 Å². The predicted octanol–water partition coefficient (Wildman–Crippen LogP) is 4.74. The van der Waals surface area contributed by atoms with Gasteiger partial charge in [-0.05, 0) is 47.9 Å². The van der Waals surface area contributed by atoms with Crippen molar-refractivity contribution in [1.82, 2.24) is 19.4 Å². The van der Waals surface area contributed by atoms with Crippen LogP contribution >= 0.6 is 36.4 Å². The lowest BCUT2D eigenvalue weighted by Gasteiger charge is -2.35. The Morgan fingerprint density at radius 1 is 1.09 bits per heavy atom. The molecule has 4 aliphatic rings. The van der Waals surface area contributed by atoms with Gasteiger partial charge < -0.3 is 14.2 Å². The zero-order chi connectivity index (χ0) is 22.5. The Morgan fingerprint density at radius 2 is 1.94 bits per heavy atom. The molecule has 1 aromatic heterocycles. The topological polar surface area (TPSA) is 74.4 Å². The first-order valence-electron chi connectivity index (χ1n) is 11.1. The number of carbonyl (C=O) groups is 1. The first-order valence-corrected chi connectivity index (χ1v) is 11.5. The largest absolute Gasteiger partial charge is 0.456 e. The molecule has 1 saturated heterocycles. The molecule has 7 nitrogen and oxygen atoms in total. The highest BCUT2D eigenvalue weighted by Gasteiger charge is 2.31. The van der Waals surface area contributed by atoms with Gasteiger partial charge in [-0.1, -0.05) is 17.7 Å². The third-order valence-electron chi connectivity index (χ3n) is 6.80. The molecular weight excluding hydrogens is 509 g/mol. The number of nitrogens with zero attached hydrogens (tertiary/aromatic N) is 5. The number of piperazine rings is 1. The van der Waals surface area contributed by atoms with Crippen LogP contribution in [0.3, 0.4) is 0 Å². The molecule has 0 N–H and O–H groups in total. The van der Waals surface area contributed by atoms with Gasteiger partial charge in [0.15, 0.2) is 0 Å². The lowest BCUT2D eigenvalue weighted by Crippen LogP contribution is -2.49. The molecule has 4 aliphatic heterocycles. The van der Waals surface area contributed by atoms with E-state index in [1.54, 1.807) is 12.1 Å². The monoisotopic (exact) mass is 531 g/mol. The van der Waals surface area contributed by atoms with Crippen LogP contribution in [0.4, 0.5) is 0 Å². The highest BCUT2D eigenvalue weighted by molar-refractivity contribution is 6.31. The van der Waals surface area contributed by atoms with Crippen molar-refractivity contribution in [1.29, 1.82) is 5.26 Å². The molecule has 1 amide bonds. The molecule has 5 heterocycles. The summed E-state index contributed by atoms with van der Waals surface area (Å²) >= 11 is 6.46. The van der Waals surface area contributed by atoms with Gasteiger partial charge in [-0.25, -0.2) is 4.98 Å². The third-order valence-corrected chi connectivity index (χ3v) is 7.17. The third kappa shape index (κ3) is 4.60. The standard InChI is InChI=1S/C25H22ClN5O2.2ClH/c26-21-4-3-20-9-18(21)13-30-8-7-29(15-25(30)32)14-19-12-28-24-6-5-22(31(19)24)16-1-2-17(11-27)23(10-16)33-20;;/h1-4,9-10,12,22H,5-8,13-15H2;2*1H. The number of hydrogen-bond donors (Lipinski definition) is 0. The quantitative estimate of drug-likeness (QED) is 0.418. The summed E-state index contributed by atoms with van der Waals surface area (Å²) in [7, 11) is 0. The lowest BCUT2D eigenvalue weighted by atomic mass is 10.0. The van der Waals surface area contributed by atoms with Gasteiger partial charge in [0.25, 0.3) is 0 Å². The van der Waals surface area contributed by atoms with E-state index < -0.39 is 0 Å². The number of imidazole rings is 1. The molecule has 3 aromatic rings. The molecular formula is C25H24Cl3N5O2. The molecule has 0 aliphatic carbocycles. The number of nitriles is 1. The molecule has 182 valence electrons. The van der Waals surface area contributed by atoms with E-state index in [1.165, 1.54) is 0 Å². The SMILES string of the molecule is Cl.Cl.N#Cc1ccc2cc1Oc1ccc(Cl)c(c1)CN1CCN(CC1=O)Cc1cnc3n1C2CC3. The summed E-state index contributed by atoms with van der Waals surface area (Å²) < 4.78 is 8.50. The molecule has 0 saturated carbocycles. The van der Waals surface area contributed by atoms with Crippen molar-refractivity contribution in [2.45, 2.75) is 32.0 Å². The van der Waals surface area contributed by atoms with E-state index in [0.717, 1.165) is 42.0 Å². The number of rotatable bonds is 0. The van der Waals surface area contributed by atoms with Crippen molar-refractivity contribution in [3.05, 3.63) is 75.8 Å². The van der Waals surface area contributed by atoms with Crippen molar-refractivity contribution >= 4 is 42.3 Å². The zero-order valence-electron chi connectivity index (χ0n) is 18.8. The summed E-state index contributed by atoms with van der Waals surface area (Å²) in [4.78, 5) is 21.6. The molecule has 2 unspecified atom stereocenters. The van der Waals surface area contributed by atoms with Gasteiger partial charge in [0.05, 0.1) is 23.8 Å². The Hall–Kier alpha value is -2.76. The van der Waals surface area contributed by atoms with Gasteiger partial charge in [-0.15, -0.1) is 24.8 Å². The van der Waals surface area contributed by atoms with Crippen molar-refractivity contribution in [2.24, 2.45) is 0 Å². The van der Waals surface area contributed by atoms with Gasteiger partial charge in [-0.3, -0.25) is 9.69 Å². The normalized spacial score (nSPS) is 20.2. The smallest absolute Gasteiger partial charge is 0.237 e. The summed E-state index contributed by atoms with van der Waals surface area (Å²) in [6.45, 7) is 2.92. The number of aryl methyl sites for hydroxylation is 1. The Labute approximate surface area is 221 Å². The maximum atomic E-state index is 12.9. The highest BCUT2D eigenvalue weighted by atomic mass is 35.5. The van der Waals surface area contributed by atoms with E-state index >= 15 is 0 Å². The Morgan fingerprint density at radius 3 is 2.74 bits per heavy atom. The number of carbonyl (C=O) groups excluding carboxylic acids is 1. The lowest BCUT2D eigenvalue weighted by molar-refractivity contribution is -0.136. The van der Waals surface area contributed by atoms with E-state index in [-0.39, 0.29) is 36.8 Å². The van der Waals surface area contributed by atoms with Gasteiger partial charge in [0.2, 0.25) is 5.91 Å². The molecule has 2 atom stereocenters. The molecule has 10 heteroatoms. The van der Waals surface area contributed by atoms with Crippen LogP contribution < -0.4 is 4.74 Å². The maximum Gasteiger partial charge on any atom is 0.237 e. The van der Waals surface area contributed by atoms with Gasteiger partial charge >= 0.3 is 0 Å². The average Bonchev–Trinajstić information content (AvgIpc) is 3.40. The molecule has 1 fully saturated rings. The van der Waals surface area contributed by atoms with Crippen molar-refractivity contribution < 1.29 is 9.53 Å². The summed E-state index contributed by atoms with van der Waals surface area (Å²) in [6.07, 6.45) is 3.78. The van der Waals surface area contributed by atoms with Crippen LogP contribution in [-0.2, 0) is 24.3 Å². The summed E-state index contributed by atoms with van der Waals surface area (Å²) in [5.41, 5.74) is 3.51. The second-order valence-corrected chi connectivity index (χ2v) is 9.25. The first-order chi connectivity index (χ1) is 16.1. The molecule has 6 bridgehead atoms. The van der Waals surface area contributed by atoms with Gasteiger partial charge in [0, 0.05) is 43.8 Å². The van der Waals surface area contributed by atoms with Crippen molar-refractivity contribution in [2.75, 3.05) is 19.6 Å². The van der Waals surface area contributed by atoms with E-state index in [9.17, 15) is 10.1 Å². The predicted molar refractivity (Wildman–Crippen MR) is 137 cm³/mol. The first kappa shape index (κ1) is 25.3. The fraction of sp³-hybridized carbons (Fsp3) is 0.320. The van der Waals surface area contributed by atoms with E-state index in [0.29, 0.717) is 48.3 Å². The number of halogens is 3. The Bertz CT molecular complexity index is 1320. The fourth-order valence-electron chi connectivity index (χ4n) is 5.11. The minimum absolute atomic E-state index is 0. The Kier molecular flexibility index (Phi) is 7.30. The van der Waals surface area contributed by atoms with E-state index in [4.69, 9.17) is 16.3 Å². The second-order valence-electron chi connectivity index (χ2n) is 8.84. The van der Waals surface area contributed by atoms with Crippen LogP contribution in [0.15, 0.2) is 42.6 Å². The molecule has 35 heavy (non-hydrogen) atoms. The van der Waals surface area contributed by atoms with Gasteiger partial charge in [-0.2, -0.15) is 5.26 Å². The van der Waals surface area contributed by atoms with Crippen LogP contribution in [0.2, 0.25) is 5.02 Å². The molecule has 2 aromatic carbocycles. The van der Waals surface area contributed by atoms with Gasteiger partial charge in [0.1, 0.15) is 23.4 Å².